The molecule has 4 rings (SSSR count). The molecule has 35 heavy (non-hydrogen) atoms. The van der Waals surface area contributed by atoms with Gasteiger partial charge in [-0.3, -0.25) is 0 Å². The van der Waals surface area contributed by atoms with Gasteiger partial charge in [-0.05, 0) is 56.0 Å². The van der Waals surface area contributed by atoms with Gasteiger partial charge in [0.2, 0.25) is 15.7 Å². The SMILES string of the molecule is [C-]#[N+]c1ccc(OCC2(CNC3CCC(O)CC3)CN(S(=O)(=O)c3ccc(Cl)cc3Cl)C2)cc1F. The summed E-state index contributed by atoms with van der Waals surface area (Å²) in [6.45, 7) is 8.02. The lowest BCUT2D eigenvalue weighted by Gasteiger charge is -2.49. The number of hydrogen-bond acceptors (Lipinski definition) is 5. The smallest absolute Gasteiger partial charge is 0.244 e. The fraction of sp³-hybridized carbons (Fsp3) is 0.458. The summed E-state index contributed by atoms with van der Waals surface area (Å²) in [5, 5.41) is 13.7. The Labute approximate surface area is 214 Å². The highest BCUT2D eigenvalue weighted by Gasteiger charge is 2.49. The Bertz CT molecular complexity index is 1220. The number of ether oxygens (including phenoxy) is 1. The highest BCUT2D eigenvalue weighted by Crippen LogP contribution is 2.38. The van der Waals surface area contributed by atoms with Crippen molar-refractivity contribution < 1.29 is 22.7 Å². The Morgan fingerprint density at radius 2 is 1.89 bits per heavy atom. The van der Waals surface area contributed by atoms with E-state index in [0.717, 1.165) is 31.7 Å². The molecule has 11 heteroatoms. The highest BCUT2D eigenvalue weighted by atomic mass is 35.5. The zero-order valence-corrected chi connectivity index (χ0v) is 21.2. The van der Waals surface area contributed by atoms with Gasteiger partial charge in [0, 0.05) is 42.2 Å². The van der Waals surface area contributed by atoms with Crippen LogP contribution >= 0.6 is 23.2 Å². The first-order valence-corrected chi connectivity index (χ1v) is 13.5. The molecule has 0 amide bonds. The van der Waals surface area contributed by atoms with Crippen LogP contribution in [0.15, 0.2) is 41.3 Å². The number of benzene rings is 2. The molecule has 2 aliphatic rings. The van der Waals surface area contributed by atoms with Crippen molar-refractivity contribution in [2.75, 3.05) is 26.2 Å². The van der Waals surface area contributed by atoms with Crippen LogP contribution in [0.3, 0.4) is 0 Å². The molecule has 1 saturated carbocycles. The van der Waals surface area contributed by atoms with Crippen LogP contribution in [0.4, 0.5) is 10.1 Å². The zero-order valence-electron chi connectivity index (χ0n) is 18.9. The van der Waals surface area contributed by atoms with Crippen LogP contribution < -0.4 is 10.1 Å². The van der Waals surface area contributed by atoms with Crippen molar-refractivity contribution in [2.24, 2.45) is 5.41 Å². The molecule has 1 aliphatic heterocycles. The molecule has 2 aromatic rings. The number of nitrogens with zero attached hydrogens (tertiary/aromatic N) is 2. The number of hydrogen-bond donors (Lipinski definition) is 2. The summed E-state index contributed by atoms with van der Waals surface area (Å²) in [5.74, 6) is -0.391. The molecule has 1 aliphatic carbocycles. The van der Waals surface area contributed by atoms with Gasteiger partial charge in [-0.2, -0.15) is 4.31 Å². The minimum absolute atomic E-state index is 0.0101. The molecule has 2 fully saturated rings. The fourth-order valence-electron chi connectivity index (χ4n) is 4.49. The second-order valence-electron chi connectivity index (χ2n) is 9.25. The van der Waals surface area contributed by atoms with Crippen molar-refractivity contribution in [1.29, 1.82) is 0 Å². The second kappa shape index (κ2) is 10.6. The lowest BCUT2D eigenvalue weighted by molar-refractivity contribution is 0.0141. The van der Waals surface area contributed by atoms with E-state index in [1.807, 2.05) is 0 Å². The van der Waals surface area contributed by atoms with Gasteiger partial charge in [0.05, 0.1) is 24.3 Å². The molecule has 0 radical (unpaired) electrons. The predicted octanol–water partition coefficient (Wildman–Crippen LogP) is 4.65. The maximum absolute atomic E-state index is 14.0. The van der Waals surface area contributed by atoms with E-state index in [4.69, 9.17) is 34.5 Å². The normalized spacial score (nSPS) is 22.3. The molecular formula is C24H26Cl2FN3O4S. The van der Waals surface area contributed by atoms with Crippen LogP contribution in [-0.2, 0) is 10.0 Å². The third-order valence-corrected chi connectivity index (χ3v) is 9.09. The van der Waals surface area contributed by atoms with E-state index < -0.39 is 21.3 Å². The van der Waals surface area contributed by atoms with Crippen molar-refractivity contribution in [3.05, 3.63) is 63.7 Å². The summed E-state index contributed by atoms with van der Waals surface area (Å²) in [6, 6.07) is 8.55. The van der Waals surface area contributed by atoms with Crippen molar-refractivity contribution >= 4 is 38.9 Å². The molecule has 2 aromatic carbocycles. The molecule has 1 heterocycles. The molecular weight excluding hydrogens is 516 g/mol. The maximum Gasteiger partial charge on any atom is 0.244 e. The Morgan fingerprint density at radius 1 is 1.17 bits per heavy atom. The van der Waals surface area contributed by atoms with E-state index >= 15 is 0 Å². The Morgan fingerprint density at radius 3 is 2.51 bits per heavy atom. The predicted molar refractivity (Wildman–Crippen MR) is 132 cm³/mol. The van der Waals surface area contributed by atoms with Crippen LogP contribution in [0.1, 0.15) is 25.7 Å². The number of aliphatic hydroxyl groups is 1. The fourth-order valence-corrected chi connectivity index (χ4v) is 6.91. The molecule has 0 atom stereocenters. The largest absolute Gasteiger partial charge is 0.493 e. The minimum atomic E-state index is -3.84. The van der Waals surface area contributed by atoms with Gasteiger partial charge in [0.15, 0.2) is 0 Å². The van der Waals surface area contributed by atoms with Gasteiger partial charge in [0.1, 0.15) is 16.5 Å². The summed E-state index contributed by atoms with van der Waals surface area (Å²) in [6.07, 6.45) is 2.85. The first-order chi connectivity index (χ1) is 16.6. The van der Waals surface area contributed by atoms with Crippen molar-refractivity contribution in [2.45, 2.75) is 42.7 Å². The molecule has 0 unspecified atom stereocenters. The van der Waals surface area contributed by atoms with Crippen LogP contribution in [0.2, 0.25) is 10.0 Å². The van der Waals surface area contributed by atoms with Crippen LogP contribution in [0.25, 0.3) is 4.85 Å². The van der Waals surface area contributed by atoms with E-state index in [1.54, 1.807) is 0 Å². The van der Waals surface area contributed by atoms with E-state index in [9.17, 15) is 17.9 Å². The van der Waals surface area contributed by atoms with Crippen LogP contribution in [-0.4, -0.2) is 56.2 Å². The standard InChI is InChI=1S/C24H26Cl2FN3O4S/c1-28-22-8-7-19(11-21(22)27)34-15-24(12-29-17-3-5-18(31)6-4-17)13-30(14-24)35(32,33)23-9-2-16(25)10-20(23)26/h2,7-11,17-18,29,31H,3-6,12-15H2. The van der Waals surface area contributed by atoms with Crippen LogP contribution in [0.5, 0.6) is 5.75 Å². The molecule has 7 nitrogen and oxygen atoms in total. The van der Waals surface area contributed by atoms with Gasteiger partial charge in [-0.15, -0.1) is 0 Å². The first kappa shape index (κ1) is 26.1. The summed E-state index contributed by atoms with van der Waals surface area (Å²) in [4.78, 5) is 3.10. The van der Waals surface area contributed by atoms with Gasteiger partial charge in [-0.1, -0.05) is 23.2 Å². The topological polar surface area (TPSA) is 83.2 Å². The Kier molecular flexibility index (Phi) is 7.91. The molecule has 188 valence electrons. The van der Waals surface area contributed by atoms with Gasteiger partial charge in [0.25, 0.3) is 0 Å². The van der Waals surface area contributed by atoms with Gasteiger partial charge < -0.3 is 15.2 Å². The monoisotopic (exact) mass is 541 g/mol. The number of sulfonamides is 1. The second-order valence-corrected chi connectivity index (χ2v) is 12.0. The number of nitrogens with one attached hydrogen (secondary N) is 1. The summed E-state index contributed by atoms with van der Waals surface area (Å²) >= 11 is 12.1. The van der Waals surface area contributed by atoms with E-state index in [2.05, 4.69) is 10.2 Å². The molecule has 0 aromatic heterocycles. The molecule has 1 saturated heterocycles. The lowest BCUT2D eigenvalue weighted by atomic mass is 9.81. The average molecular weight is 542 g/mol. The zero-order chi connectivity index (χ0) is 25.2. The number of rotatable bonds is 8. The summed E-state index contributed by atoms with van der Waals surface area (Å²) < 4.78 is 47.6. The Balaban J connectivity index is 1.48. The Hall–Kier alpha value is -1.93. The van der Waals surface area contributed by atoms with Crippen molar-refractivity contribution in [1.82, 2.24) is 9.62 Å². The van der Waals surface area contributed by atoms with Crippen molar-refractivity contribution in [3.63, 3.8) is 0 Å². The van der Waals surface area contributed by atoms with E-state index in [1.165, 1.54) is 34.6 Å². The third-order valence-electron chi connectivity index (χ3n) is 6.58. The van der Waals surface area contributed by atoms with Gasteiger partial charge >= 0.3 is 0 Å². The quantitative estimate of drug-likeness (QED) is 0.475. The maximum atomic E-state index is 14.0. The van der Waals surface area contributed by atoms with E-state index in [0.29, 0.717) is 11.6 Å². The lowest BCUT2D eigenvalue weighted by Crippen LogP contribution is -2.65. The highest BCUT2D eigenvalue weighted by molar-refractivity contribution is 7.89. The van der Waals surface area contributed by atoms with Gasteiger partial charge in [-0.25, -0.2) is 17.7 Å². The molecule has 0 bridgehead atoms. The average Bonchev–Trinajstić information content (AvgIpc) is 2.79. The number of aliphatic hydroxyl groups excluding tert-OH is 1. The minimum Gasteiger partial charge on any atom is -0.493 e. The summed E-state index contributed by atoms with van der Waals surface area (Å²) in [7, 11) is -3.84. The summed E-state index contributed by atoms with van der Waals surface area (Å²) in [5.41, 5.74) is -0.634. The number of halogens is 3. The van der Waals surface area contributed by atoms with Crippen LogP contribution in [0, 0.1) is 17.8 Å². The first-order valence-electron chi connectivity index (χ1n) is 11.3. The van der Waals surface area contributed by atoms with E-state index in [-0.39, 0.29) is 53.2 Å². The molecule has 0 spiro atoms. The van der Waals surface area contributed by atoms with Crippen molar-refractivity contribution in [3.8, 4) is 5.75 Å². The third kappa shape index (κ3) is 5.91. The molecule has 2 N–H and O–H groups in total.